The summed E-state index contributed by atoms with van der Waals surface area (Å²) in [6.07, 6.45) is 6.73. The molecule has 1 aromatic carbocycles. The van der Waals surface area contributed by atoms with Gasteiger partial charge in [-0.25, -0.2) is 4.98 Å². The van der Waals surface area contributed by atoms with Crippen molar-refractivity contribution in [2.45, 2.75) is 50.0 Å². The number of hydrogen-bond acceptors (Lipinski definition) is 4. The second-order valence-corrected chi connectivity index (χ2v) is 8.59. The van der Waals surface area contributed by atoms with E-state index in [1.807, 2.05) is 23.9 Å². The molecule has 1 fully saturated rings. The van der Waals surface area contributed by atoms with Gasteiger partial charge in [-0.05, 0) is 31.0 Å². The molecule has 2 aromatic rings. The van der Waals surface area contributed by atoms with Crippen LogP contribution in [0.25, 0.3) is 0 Å². The maximum absolute atomic E-state index is 12.1. The van der Waals surface area contributed by atoms with Gasteiger partial charge < -0.3 is 0 Å². The number of nitrogens with zero attached hydrogens (tertiary/aromatic N) is 2. The van der Waals surface area contributed by atoms with Crippen LogP contribution >= 0.6 is 34.7 Å². The lowest BCUT2D eigenvalue weighted by Crippen LogP contribution is -2.22. The predicted molar refractivity (Wildman–Crippen MR) is 105 cm³/mol. The van der Waals surface area contributed by atoms with Gasteiger partial charge in [-0.2, -0.15) is 11.8 Å². The molecule has 128 valence electrons. The summed E-state index contributed by atoms with van der Waals surface area (Å²) in [7, 11) is 0. The fraction of sp³-hybridized carbons (Fsp3) is 0.444. The maximum Gasteiger partial charge on any atom is 0.230 e. The number of hydrogen-bond donors (Lipinski definition) is 0. The molecule has 1 saturated carbocycles. The van der Waals surface area contributed by atoms with E-state index in [0.29, 0.717) is 10.2 Å². The minimum atomic E-state index is -0.0573. The van der Waals surface area contributed by atoms with E-state index in [9.17, 15) is 4.79 Å². The van der Waals surface area contributed by atoms with Gasteiger partial charge in [0.25, 0.3) is 0 Å². The van der Waals surface area contributed by atoms with E-state index in [1.165, 1.54) is 43.4 Å². The first kappa shape index (κ1) is 17.8. The first-order valence-electron chi connectivity index (χ1n) is 8.26. The quantitative estimate of drug-likeness (QED) is 0.633. The molecular formula is C18H21ClN2OS2. The van der Waals surface area contributed by atoms with Gasteiger partial charge in [-0.3, -0.25) is 9.69 Å². The molecule has 1 amide bonds. The zero-order valence-corrected chi connectivity index (χ0v) is 16.1. The Labute approximate surface area is 156 Å². The Kier molecular flexibility index (Phi) is 6.19. The number of thiazole rings is 1. The fourth-order valence-electron chi connectivity index (χ4n) is 2.94. The van der Waals surface area contributed by atoms with E-state index in [1.54, 1.807) is 24.0 Å². The number of carbonyl (C=O) groups is 1. The average Bonchev–Trinajstić information content (AvgIpc) is 3.02. The van der Waals surface area contributed by atoms with Crippen molar-refractivity contribution in [3.8, 4) is 0 Å². The van der Waals surface area contributed by atoms with Crippen LogP contribution in [0.2, 0.25) is 5.02 Å². The van der Waals surface area contributed by atoms with Gasteiger partial charge in [0.1, 0.15) is 0 Å². The molecule has 1 aromatic heterocycles. The third-order valence-electron chi connectivity index (χ3n) is 4.13. The first-order chi connectivity index (χ1) is 11.6. The Balaban J connectivity index is 1.71. The zero-order valence-electron chi connectivity index (χ0n) is 13.7. The lowest BCUT2D eigenvalue weighted by molar-refractivity contribution is -0.115. The van der Waals surface area contributed by atoms with Gasteiger partial charge in [0.05, 0.1) is 11.4 Å². The third-order valence-corrected chi connectivity index (χ3v) is 6.65. The Morgan fingerprint density at radius 1 is 1.38 bits per heavy atom. The number of benzene rings is 1. The molecule has 3 rings (SSSR count). The molecule has 1 aliphatic rings. The number of anilines is 2. The van der Waals surface area contributed by atoms with E-state index < -0.39 is 0 Å². The predicted octanol–water partition coefficient (Wildman–Crippen LogP) is 6.05. The highest BCUT2D eigenvalue weighted by Crippen LogP contribution is 2.34. The van der Waals surface area contributed by atoms with E-state index in [-0.39, 0.29) is 5.91 Å². The summed E-state index contributed by atoms with van der Waals surface area (Å²) in [5.74, 6) is 0.862. The van der Waals surface area contributed by atoms with Crippen LogP contribution in [0, 0.1) is 0 Å². The Bertz CT molecular complexity index is 698. The van der Waals surface area contributed by atoms with Crippen molar-refractivity contribution in [3.63, 3.8) is 0 Å². The molecule has 0 spiro atoms. The molecule has 0 bridgehead atoms. The van der Waals surface area contributed by atoms with E-state index in [0.717, 1.165) is 22.4 Å². The molecule has 24 heavy (non-hydrogen) atoms. The molecule has 0 unspecified atom stereocenters. The van der Waals surface area contributed by atoms with Crippen LogP contribution in [0.5, 0.6) is 0 Å². The number of aromatic nitrogens is 1. The SMILES string of the molecule is CC(=O)N(c1cccc(Cl)c1)c1nc(CSC2CCCCC2)cs1. The highest BCUT2D eigenvalue weighted by Gasteiger charge is 2.19. The largest absolute Gasteiger partial charge is 0.274 e. The highest BCUT2D eigenvalue weighted by atomic mass is 35.5. The van der Waals surface area contributed by atoms with Crippen molar-refractivity contribution >= 4 is 51.4 Å². The van der Waals surface area contributed by atoms with E-state index >= 15 is 0 Å². The van der Waals surface area contributed by atoms with Gasteiger partial charge in [-0.1, -0.05) is 36.9 Å². The summed E-state index contributed by atoms with van der Waals surface area (Å²) in [5.41, 5.74) is 1.81. The van der Waals surface area contributed by atoms with Crippen LogP contribution in [0.3, 0.4) is 0 Å². The van der Waals surface area contributed by atoms with Crippen LogP contribution < -0.4 is 4.90 Å². The molecule has 0 radical (unpaired) electrons. The summed E-state index contributed by atoms with van der Waals surface area (Å²) in [5, 5.41) is 4.15. The van der Waals surface area contributed by atoms with Gasteiger partial charge in [0.15, 0.2) is 5.13 Å². The van der Waals surface area contributed by atoms with Crippen molar-refractivity contribution in [1.82, 2.24) is 4.98 Å². The smallest absolute Gasteiger partial charge is 0.230 e. The monoisotopic (exact) mass is 380 g/mol. The summed E-state index contributed by atoms with van der Waals surface area (Å²) in [6, 6.07) is 7.32. The maximum atomic E-state index is 12.1. The standard InChI is InChI=1S/C18H21ClN2OS2/c1-13(22)21(16-7-5-6-14(19)10-16)18-20-15(12-24-18)11-23-17-8-3-2-4-9-17/h5-7,10,12,17H,2-4,8-9,11H2,1H3. The second kappa shape index (κ2) is 8.37. The average molecular weight is 381 g/mol. The van der Waals surface area contributed by atoms with Crippen LogP contribution in [0.4, 0.5) is 10.8 Å². The summed E-state index contributed by atoms with van der Waals surface area (Å²) in [6.45, 7) is 1.55. The van der Waals surface area contributed by atoms with Crippen LogP contribution in [-0.2, 0) is 10.5 Å². The molecular weight excluding hydrogens is 360 g/mol. The van der Waals surface area contributed by atoms with Crippen molar-refractivity contribution in [3.05, 3.63) is 40.4 Å². The zero-order chi connectivity index (χ0) is 16.9. The van der Waals surface area contributed by atoms with Crippen LogP contribution in [0.1, 0.15) is 44.7 Å². The molecule has 0 N–H and O–H groups in total. The summed E-state index contributed by atoms with van der Waals surface area (Å²) >= 11 is 9.58. The van der Waals surface area contributed by atoms with E-state index in [4.69, 9.17) is 11.6 Å². The van der Waals surface area contributed by atoms with Crippen molar-refractivity contribution < 1.29 is 4.79 Å². The van der Waals surface area contributed by atoms with Crippen molar-refractivity contribution in [1.29, 1.82) is 0 Å². The molecule has 0 saturated heterocycles. The highest BCUT2D eigenvalue weighted by molar-refractivity contribution is 7.99. The molecule has 0 atom stereocenters. The van der Waals surface area contributed by atoms with Gasteiger partial charge >= 0.3 is 0 Å². The fourth-order valence-corrected chi connectivity index (χ4v) is 5.34. The Hall–Kier alpha value is -1.04. The lowest BCUT2D eigenvalue weighted by atomic mass is 10.0. The Morgan fingerprint density at radius 3 is 2.88 bits per heavy atom. The second-order valence-electron chi connectivity index (χ2n) is 6.03. The number of thioether (sulfide) groups is 1. The number of rotatable bonds is 5. The van der Waals surface area contributed by atoms with Crippen molar-refractivity contribution in [2.75, 3.05) is 4.90 Å². The topological polar surface area (TPSA) is 33.2 Å². The van der Waals surface area contributed by atoms with Crippen LogP contribution in [0.15, 0.2) is 29.6 Å². The number of carbonyl (C=O) groups excluding carboxylic acids is 1. The van der Waals surface area contributed by atoms with Gasteiger partial charge in [-0.15, -0.1) is 11.3 Å². The van der Waals surface area contributed by atoms with Gasteiger partial charge in [0, 0.05) is 28.3 Å². The lowest BCUT2D eigenvalue weighted by Gasteiger charge is -2.20. The summed E-state index contributed by atoms with van der Waals surface area (Å²) in [4.78, 5) is 18.4. The first-order valence-corrected chi connectivity index (χ1v) is 10.6. The van der Waals surface area contributed by atoms with E-state index in [2.05, 4.69) is 10.4 Å². The molecule has 3 nitrogen and oxygen atoms in total. The minimum absolute atomic E-state index is 0.0573. The molecule has 6 heteroatoms. The normalized spacial score (nSPS) is 15.4. The van der Waals surface area contributed by atoms with Gasteiger partial charge in [0.2, 0.25) is 5.91 Å². The number of amides is 1. The summed E-state index contributed by atoms with van der Waals surface area (Å²) < 4.78 is 0. The molecule has 0 aliphatic heterocycles. The minimum Gasteiger partial charge on any atom is -0.274 e. The number of halogens is 1. The Morgan fingerprint density at radius 2 is 2.17 bits per heavy atom. The third kappa shape index (κ3) is 4.52. The molecule has 1 heterocycles. The van der Waals surface area contributed by atoms with Crippen LogP contribution in [-0.4, -0.2) is 16.1 Å². The molecule has 1 aliphatic carbocycles. The van der Waals surface area contributed by atoms with Crippen molar-refractivity contribution in [2.24, 2.45) is 0 Å².